The van der Waals surface area contributed by atoms with E-state index in [9.17, 15) is 10.1 Å². The molecule has 134 valence electrons. The number of urea groups is 1. The van der Waals surface area contributed by atoms with Crippen LogP contribution in [0.2, 0.25) is 0 Å². The van der Waals surface area contributed by atoms with E-state index in [4.69, 9.17) is 0 Å². The Bertz CT molecular complexity index is 1010. The molecule has 1 aromatic heterocycles. The van der Waals surface area contributed by atoms with Crippen LogP contribution in [0.25, 0.3) is 10.8 Å². The predicted octanol–water partition coefficient (Wildman–Crippen LogP) is 3.46. The summed E-state index contributed by atoms with van der Waals surface area (Å²) in [6, 6.07) is 19.5. The molecule has 2 aromatic carbocycles. The third kappa shape index (κ3) is 3.40. The molecule has 1 saturated heterocycles. The van der Waals surface area contributed by atoms with E-state index in [-0.39, 0.29) is 6.03 Å². The highest BCUT2D eigenvalue weighted by molar-refractivity contribution is 6.01. The lowest BCUT2D eigenvalue weighted by atomic mass is 10.1. The second-order valence-electron chi connectivity index (χ2n) is 6.42. The topological polar surface area (TPSA) is 72.3 Å². The number of nitrogens with zero attached hydrogens (tertiary/aromatic N) is 4. The van der Waals surface area contributed by atoms with Gasteiger partial charge in [0, 0.05) is 37.8 Å². The van der Waals surface area contributed by atoms with Crippen molar-refractivity contribution in [2.45, 2.75) is 0 Å². The summed E-state index contributed by atoms with van der Waals surface area (Å²) in [6.07, 6.45) is 1.69. The summed E-state index contributed by atoms with van der Waals surface area (Å²) >= 11 is 0. The molecule has 1 N–H and O–H groups in total. The Morgan fingerprint density at radius 2 is 1.78 bits per heavy atom. The molecule has 0 unspecified atom stereocenters. The largest absolute Gasteiger partial charge is 0.352 e. The first-order valence-corrected chi connectivity index (χ1v) is 8.90. The minimum absolute atomic E-state index is 0.104. The van der Waals surface area contributed by atoms with Gasteiger partial charge >= 0.3 is 6.03 Å². The predicted molar refractivity (Wildman–Crippen MR) is 106 cm³/mol. The zero-order chi connectivity index (χ0) is 18.6. The second kappa shape index (κ2) is 7.34. The summed E-state index contributed by atoms with van der Waals surface area (Å²) < 4.78 is 0. The normalized spacial score (nSPS) is 14.0. The van der Waals surface area contributed by atoms with Crippen LogP contribution in [0, 0.1) is 11.3 Å². The van der Waals surface area contributed by atoms with Crippen LogP contribution in [0.4, 0.5) is 16.3 Å². The molecule has 4 rings (SSSR count). The van der Waals surface area contributed by atoms with Crippen LogP contribution < -0.4 is 10.2 Å². The molecule has 6 heteroatoms. The van der Waals surface area contributed by atoms with Gasteiger partial charge in [-0.1, -0.05) is 36.4 Å². The van der Waals surface area contributed by atoms with E-state index in [0.717, 1.165) is 16.5 Å². The van der Waals surface area contributed by atoms with Crippen molar-refractivity contribution in [3.8, 4) is 6.07 Å². The van der Waals surface area contributed by atoms with E-state index in [2.05, 4.69) is 21.3 Å². The highest BCUT2D eigenvalue weighted by atomic mass is 16.2. The smallest absolute Gasteiger partial charge is 0.321 e. The number of nitriles is 1. The van der Waals surface area contributed by atoms with Gasteiger partial charge < -0.3 is 15.1 Å². The minimum atomic E-state index is -0.104. The molecule has 0 bridgehead atoms. The Balaban J connectivity index is 1.44. The van der Waals surface area contributed by atoms with Crippen LogP contribution in [-0.4, -0.2) is 42.1 Å². The Hall–Kier alpha value is -3.59. The molecule has 1 fully saturated rings. The van der Waals surface area contributed by atoms with Crippen molar-refractivity contribution in [2.24, 2.45) is 0 Å². The van der Waals surface area contributed by atoms with Crippen molar-refractivity contribution in [3.05, 3.63) is 66.4 Å². The van der Waals surface area contributed by atoms with Gasteiger partial charge in [0.1, 0.15) is 11.9 Å². The van der Waals surface area contributed by atoms with Crippen LogP contribution in [0.15, 0.2) is 60.8 Å². The molecule has 2 amide bonds. The molecule has 0 saturated carbocycles. The van der Waals surface area contributed by atoms with Gasteiger partial charge in [-0.25, -0.2) is 9.78 Å². The van der Waals surface area contributed by atoms with E-state index in [1.54, 1.807) is 23.2 Å². The summed E-state index contributed by atoms with van der Waals surface area (Å²) in [7, 11) is 0. The number of aromatic nitrogens is 1. The van der Waals surface area contributed by atoms with Gasteiger partial charge in [-0.05, 0) is 23.6 Å². The van der Waals surface area contributed by atoms with E-state index >= 15 is 0 Å². The van der Waals surface area contributed by atoms with E-state index in [1.165, 1.54) is 0 Å². The van der Waals surface area contributed by atoms with Crippen molar-refractivity contribution < 1.29 is 4.79 Å². The van der Waals surface area contributed by atoms with Gasteiger partial charge in [-0.2, -0.15) is 5.26 Å². The summed E-state index contributed by atoms with van der Waals surface area (Å²) in [5, 5.41) is 14.4. The molecule has 3 aromatic rings. The first kappa shape index (κ1) is 16.9. The number of rotatable bonds is 2. The average Bonchev–Trinajstić information content (AvgIpc) is 2.74. The van der Waals surface area contributed by atoms with Crippen LogP contribution in [0.5, 0.6) is 0 Å². The molecular formula is C21H19N5O. The summed E-state index contributed by atoms with van der Waals surface area (Å²) in [5.41, 5.74) is 1.38. The lowest BCUT2D eigenvalue weighted by Gasteiger charge is -2.35. The molecule has 6 nitrogen and oxygen atoms in total. The van der Waals surface area contributed by atoms with Gasteiger partial charge in [0.05, 0.1) is 11.3 Å². The molecule has 0 radical (unpaired) electrons. The Kier molecular flexibility index (Phi) is 4.58. The number of amides is 2. The minimum Gasteiger partial charge on any atom is -0.352 e. The molecule has 0 atom stereocenters. The van der Waals surface area contributed by atoms with Crippen LogP contribution in [-0.2, 0) is 0 Å². The number of nitrogens with one attached hydrogen (secondary N) is 1. The van der Waals surface area contributed by atoms with Gasteiger partial charge in [-0.15, -0.1) is 0 Å². The molecular weight excluding hydrogens is 338 g/mol. The average molecular weight is 357 g/mol. The van der Waals surface area contributed by atoms with Crippen molar-refractivity contribution >= 4 is 28.3 Å². The fourth-order valence-corrected chi connectivity index (χ4v) is 3.39. The molecule has 1 aliphatic heterocycles. The Morgan fingerprint density at radius 1 is 1.00 bits per heavy atom. The Labute approximate surface area is 157 Å². The second-order valence-corrected chi connectivity index (χ2v) is 6.42. The van der Waals surface area contributed by atoms with E-state index < -0.39 is 0 Å². The van der Waals surface area contributed by atoms with Crippen molar-refractivity contribution in [1.82, 2.24) is 9.88 Å². The Morgan fingerprint density at radius 3 is 2.59 bits per heavy atom. The first-order chi connectivity index (χ1) is 13.3. The van der Waals surface area contributed by atoms with Gasteiger partial charge in [0.2, 0.25) is 0 Å². The number of piperazine rings is 1. The third-order valence-corrected chi connectivity index (χ3v) is 4.80. The number of carbonyl (C=O) groups excluding carboxylic acids is 1. The quantitative estimate of drug-likeness (QED) is 0.762. The molecule has 0 aliphatic carbocycles. The maximum Gasteiger partial charge on any atom is 0.321 e. The van der Waals surface area contributed by atoms with Crippen molar-refractivity contribution in [3.63, 3.8) is 0 Å². The van der Waals surface area contributed by atoms with Crippen LogP contribution in [0.3, 0.4) is 0 Å². The lowest BCUT2D eigenvalue weighted by molar-refractivity contribution is 0.208. The molecule has 2 heterocycles. The number of anilines is 2. The van der Waals surface area contributed by atoms with Crippen molar-refractivity contribution in [2.75, 3.05) is 36.4 Å². The third-order valence-electron chi connectivity index (χ3n) is 4.80. The monoisotopic (exact) mass is 357 g/mol. The molecule has 1 aliphatic rings. The van der Waals surface area contributed by atoms with Crippen molar-refractivity contribution in [1.29, 1.82) is 5.26 Å². The zero-order valence-electron chi connectivity index (χ0n) is 14.8. The van der Waals surface area contributed by atoms with E-state index in [1.807, 2.05) is 42.5 Å². The first-order valence-electron chi connectivity index (χ1n) is 8.90. The van der Waals surface area contributed by atoms with E-state index in [0.29, 0.717) is 37.6 Å². The fourth-order valence-electron chi connectivity index (χ4n) is 3.39. The summed E-state index contributed by atoms with van der Waals surface area (Å²) in [6.45, 7) is 2.46. The molecule has 0 spiro atoms. The zero-order valence-corrected chi connectivity index (χ0v) is 14.8. The van der Waals surface area contributed by atoms with Crippen LogP contribution in [0.1, 0.15) is 5.56 Å². The highest BCUT2D eigenvalue weighted by Crippen LogP contribution is 2.24. The fraction of sp³-hybridized carbons (Fsp3) is 0.190. The number of hydrogen-bond acceptors (Lipinski definition) is 4. The van der Waals surface area contributed by atoms with Gasteiger partial charge in [0.25, 0.3) is 0 Å². The lowest BCUT2D eigenvalue weighted by Crippen LogP contribution is -2.50. The number of carbonyl (C=O) groups is 1. The number of fused-ring (bicyclic) bond motifs is 1. The maximum absolute atomic E-state index is 12.7. The molecule has 27 heavy (non-hydrogen) atoms. The number of benzene rings is 2. The SMILES string of the molecule is N#Cc1cccnc1N1CCN(C(=O)Nc2cccc3ccccc23)CC1. The van der Waals surface area contributed by atoms with Crippen LogP contribution >= 0.6 is 0 Å². The number of hydrogen-bond donors (Lipinski definition) is 1. The summed E-state index contributed by atoms with van der Waals surface area (Å²) in [5.74, 6) is 0.689. The number of pyridine rings is 1. The highest BCUT2D eigenvalue weighted by Gasteiger charge is 2.23. The maximum atomic E-state index is 12.7. The standard InChI is InChI=1S/C21H19N5O/c22-15-17-7-4-10-23-20(17)25-11-13-26(14-12-25)21(27)24-19-9-3-6-16-5-1-2-8-18(16)19/h1-10H,11-14H2,(H,24,27). The van der Waals surface area contributed by atoms with Gasteiger partial charge in [0.15, 0.2) is 0 Å². The van der Waals surface area contributed by atoms with Gasteiger partial charge in [-0.3, -0.25) is 0 Å². The summed E-state index contributed by atoms with van der Waals surface area (Å²) in [4.78, 5) is 20.9.